The van der Waals surface area contributed by atoms with Gasteiger partial charge in [-0.15, -0.1) is 11.3 Å². The summed E-state index contributed by atoms with van der Waals surface area (Å²) in [6.45, 7) is 8.08. The van der Waals surface area contributed by atoms with Gasteiger partial charge in [0.15, 0.2) is 0 Å². The SMILES string of the molecule is CC(C)(C)c1csc(C2CCN(C(=O)C#Cc3cccc4ccccc34)CC2)n1. The van der Waals surface area contributed by atoms with Crippen molar-refractivity contribution in [3.05, 3.63) is 64.1 Å². The summed E-state index contributed by atoms with van der Waals surface area (Å²) in [5.41, 5.74) is 2.16. The molecule has 0 spiro atoms. The van der Waals surface area contributed by atoms with E-state index in [1.807, 2.05) is 29.2 Å². The van der Waals surface area contributed by atoms with Crippen LogP contribution in [0.25, 0.3) is 10.8 Å². The molecule has 3 aromatic rings. The van der Waals surface area contributed by atoms with Gasteiger partial charge in [-0.05, 0) is 29.7 Å². The highest BCUT2D eigenvalue weighted by molar-refractivity contribution is 7.09. The summed E-state index contributed by atoms with van der Waals surface area (Å²) in [4.78, 5) is 19.4. The van der Waals surface area contributed by atoms with Gasteiger partial charge in [-0.1, -0.05) is 63.1 Å². The van der Waals surface area contributed by atoms with E-state index in [-0.39, 0.29) is 11.3 Å². The number of fused-ring (bicyclic) bond motifs is 1. The molecule has 0 N–H and O–H groups in total. The Morgan fingerprint density at radius 3 is 2.55 bits per heavy atom. The van der Waals surface area contributed by atoms with Crippen molar-refractivity contribution in [1.82, 2.24) is 9.88 Å². The van der Waals surface area contributed by atoms with E-state index in [4.69, 9.17) is 4.98 Å². The highest BCUT2D eigenvalue weighted by Crippen LogP contribution is 2.33. The molecule has 3 nitrogen and oxygen atoms in total. The summed E-state index contributed by atoms with van der Waals surface area (Å²) >= 11 is 1.76. The molecule has 0 unspecified atom stereocenters. The summed E-state index contributed by atoms with van der Waals surface area (Å²) in [7, 11) is 0. The van der Waals surface area contributed by atoms with Crippen molar-refractivity contribution >= 4 is 28.0 Å². The van der Waals surface area contributed by atoms with Crippen molar-refractivity contribution in [1.29, 1.82) is 0 Å². The van der Waals surface area contributed by atoms with Gasteiger partial charge < -0.3 is 4.90 Å². The van der Waals surface area contributed by atoms with E-state index in [0.717, 1.165) is 48.0 Å². The molecular formula is C25H26N2OS. The molecule has 148 valence electrons. The van der Waals surface area contributed by atoms with Crippen molar-refractivity contribution in [3.63, 3.8) is 0 Å². The number of nitrogens with zero attached hydrogens (tertiary/aromatic N) is 2. The van der Waals surface area contributed by atoms with E-state index in [9.17, 15) is 4.79 Å². The molecule has 0 radical (unpaired) electrons. The fraction of sp³-hybridized carbons (Fsp3) is 0.360. The molecular weight excluding hydrogens is 376 g/mol. The summed E-state index contributed by atoms with van der Waals surface area (Å²) < 4.78 is 0. The van der Waals surface area contributed by atoms with Gasteiger partial charge in [-0.2, -0.15) is 0 Å². The minimum Gasteiger partial charge on any atom is -0.332 e. The van der Waals surface area contributed by atoms with Crippen molar-refractivity contribution < 1.29 is 4.79 Å². The van der Waals surface area contributed by atoms with E-state index in [2.05, 4.69) is 56.2 Å². The predicted molar refractivity (Wildman–Crippen MR) is 120 cm³/mol. The number of carbonyl (C=O) groups is 1. The zero-order valence-corrected chi connectivity index (χ0v) is 18.1. The van der Waals surface area contributed by atoms with Gasteiger partial charge in [0, 0.05) is 41.3 Å². The lowest BCUT2D eigenvalue weighted by Crippen LogP contribution is -2.37. The van der Waals surface area contributed by atoms with Gasteiger partial charge in [-0.25, -0.2) is 4.98 Å². The Balaban J connectivity index is 1.41. The van der Waals surface area contributed by atoms with E-state index in [0.29, 0.717) is 5.92 Å². The first-order chi connectivity index (χ1) is 13.9. The second kappa shape index (κ2) is 8.00. The van der Waals surface area contributed by atoms with Crippen LogP contribution < -0.4 is 0 Å². The molecule has 0 atom stereocenters. The first-order valence-corrected chi connectivity index (χ1v) is 11.0. The molecule has 0 bridgehead atoms. The third kappa shape index (κ3) is 4.36. The zero-order valence-electron chi connectivity index (χ0n) is 17.2. The number of hydrogen-bond donors (Lipinski definition) is 0. The van der Waals surface area contributed by atoms with Crippen LogP contribution in [0, 0.1) is 11.8 Å². The van der Waals surface area contributed by atoms with Gasteiger partial charge >= 0.3 is 0 Å². The van der Waals surface area contributed by atoms with Crippen LogP contribution in [0.4, 0.5) is 0 Å². The maximum absolute atomic E-state index is 12.6. The fourth-order valence-corrected chi connectivity index (χ4v) is 4.90. The van der Waals surface area contributed by atoms with Crippen LogP contribution in [-0.4, -0.2) is 28.9 Å². The lowest BCUT2D eigenvalue weighted by molar-refractivity contribution is -0.126. The van der Waals surface area contributed by atoms with Gasteiger partial charge in [0.1, 0.15) is 0 Å². The van der Waals surface area contributed by atoms with Crippen LogP contribution in [0.2, 0.25) is 0 Å². The number of hydrogen-bond acceptors (Lipinski definition) is 3. The number of carbonyl (C=O) groups excluding carboxylic acids is 1. The number of aromatic nitrogens is 1. The molecule has 1 aromatic heterocycles. The Labute approximate surface area is 176 Å². The first kappa shape index (κ1) is 19.7. The molecule has 2 heterocycles. The second-order valence-electron chi connectivity index (χ2n) is 8.66. The zero-order chi connectivity index (χ0) is 20.4. The Kier molecular flexibility index (Phi) is 5.43. The van der Waals surface area contributed by atoms with Crippen LogP contribution in [-0.2, 0) is 10.2 Å². The maximum atomic E-state index is 12.6. The van der Waals surface area contributed by atoms with E-state index in [1.165, 1.54) is 5.01 Å². The topological polar surface area (TPSA) is 33.2 Å². The third-order valence-electron chi connectivity index (χ3n) is 5.52. The Morgan fingerprint density at radius 2 is 1.83 bits per heavy atom. The number of benzene rings is 2. The van der Waals surface area contributed by atoms with Gasteiger partial charge in [0.2, 0.25) is 0 Å². The highest BCUT2D eigenvalue weighted by atomic mass is 32.1. The number of likely N-dealkylation sites (tertiary alicyclic amines) is 1. The lowest BCUT2D eigenvalue weighted by atomic mass is 9.93. The summed E-state index contributed by atoms with van der Waals surface area (Å²) in [6, 6.07) is 14.2. The largest absolute Gasteiger partial charge is 0.332 e. The smallest absolute Gasteiger partial charge is 0.298 e. The Bertz CT molecular complexity index is 1080. The van der Waals surface area contributed by atoms with E-state index in [1.54, 1.807) is 11.3 Å². The monoisotopic (exact) mass is 402 g/mol. The van der Waals surface area contributed by atoms with Crippen molar-refractivity contribution in [3.8, 4) is 11.8 Å². The molecule has 4 rings (SSSR count). The third-order valence-corrected chi connectivity index (χ3v) is 6.52. The quantitative estimate of drug-likeness (QED) is 0.514. The van der Waals surface area contributed by atoms with Gasteiger partial charge in [0.05, 0.1) is 10.7 Å². The molecule has 4 heteroatoms. The molecule has 1 fully saturated rings. The maximum Gasteiger partial charge on any atom is 0.298 e. The van der Waals surface area contributed by atoms with Crippen molar-refractivity contribution in [2.45, 2.75) is 44.9 Å². The molecule has 1 amide bonds. The summed E-state index contributed by atoms with van der Waals surface area (Å²) in [6.07, 6.45) is 1.91. The molecule has 2 aromatic carbocycles. The predicted octanol–water partition coefficient (Wildman–Crippen LogP) is 5.35. The van der Waals surface area contributed by atoms with Crippen molar-refractivity contribution in [2.75, 3.05) is 13.1 Å². The lowest BCUT2D eigenvalue weighted by Gasteiger charge is -2.29. The number of rotatable bonds is 1. The Hall–Kier alpha value is -2.64. The fourth-order valence-electron chi connectivity index (χ4n) is 3.68. The van der Waals surface area contributed by atoms with Crippen molar-refractivity contribution in [2.24, 2.45) is 0 Å². The van der Waals surface area contributed by atoms with Crippen LogP contribution >= 0.6 is 11.3 Å². The second-order valence-corrected chi connectivity index (χ2v) is 9.55. The van der Waals surface area contributed by atoms with Crippen LogP contribution in [0.3, 0.4) is 0 Å². The minimum absolute atomic E-state index is 0.0779. The standard InChI is InChI=1S/C25H26N2OS/c1-25(2,3)22-17-29-24(26-22)20-13-15-27(16-14-20)23(28)12-11-19-9-6-8-18-7-4-5-10-21(18)19/h4-10,17,20H,13-16H2,1-3H3. The highest BCUT2D eigenvalue weighted by Gasteiger charge is 2.26. The van der Waals surface area contributed by atoms with Crippen LogP contribution in [0.15, 0.2) is 47.8 Å². The minimum atomic E-state index is -0.0779. The van der Waals surface area contributed by atoms with E-state index < -0.39 is 0 Å². The normalized spacial score (nSPS) is 15.2. The summed E-state index contributed by atoms with van der Waals surface area (Å²) in [5.74, 6) is 6.33. The van der Waals surface area contributed by atoms with Crippen LogP contribution in [0.1, 0.15) is 55.8 Å². The average molecular weight is 403 g/mol. The molecule has 1 aliphatic heterocycles. The van der Waals surface area contributed by atoms with Crippen LogP contribution in [0.5, 0.6) is 0 Å². The van der Waals surface area contributed by atoms with Gasteiger partial charge in [-0.3, -0.25) is 4.79 Å². The van der Waals surface area contributed by atoms with E-state index >= 15 is 0 Å². The molecule has 0 aliphatic carbocycles. The number of thiazole rings is 1. The average Bonchev–Trinajstić information content (AvgIpc) is 3.23. The number of piperidine rings is 1. The molecule has 1 aliphatic rings. The molecule has 0 saturated carbocycles. The molecule has 29 heavy (non-hydrogen) atoms. The Morgan fingerprint density at radius 1 is 1.10 bits per heavy atom. The first-order valence-electron chi connectivity index (χ1n) is 10.2. The summed E-state index contributed by atoms with van der Waals surface area (Å²) in [5, 5.41) is 5.63. The molecule has 1 saturated heterocycles. The number of amides is 1. The van der Waals surface area contributed by atoms with Gasteiger partial charge in [0.25, 0.3) is 5.91 Å².